The molecule has 1 aliphatic carbocycles. The Morgan fingerprint density at radius 1 is 1.64 bits per heavy atom. The highest BCUT2D eigenvalue weighted by Gasteiger charge is 2.46. The predicted octanol–water partition coefficient (Wildman–Crippen LogP) is 0.930. The number of nitrogens with zero attached hydrogens (tertiary/aromatic N) is 1. The first-order valence-corrected chi connectivity index (χ1v) is 5.30. The summed E-state index contributed by atoms with van der Waals surface area (Å²) in [7, 11) is 0. The highest BCUT2D eigenvalue weighted by Crippen LogP contribution is 2.35. The van der Waals surface area contributed by atoms with E-state index in [0.717, 1.165) is 6.42 Å². The van der Waals surface area contributed by atoms with Crippen molar-refractivity contribution in [2.45, 2.75) is 38.9 Å². The molecule has 0 aromatic heterocycles. The van der Waals surface area contributed by atoms with Crippen LogP contribution in [0.2, 0.25) is 0 Å². The molecule has 1 rings (SSSR count). The zero-order valence-corrected chi connectivity index (χ0v) is 8.87. The maximum atomic E-state index is 12.7. The summed E-state index contributed by atoms with van der Waals surface area (Å²) in [4.78, 5) is 13.4. The molecule has 1 fully saturated rings. The zero-order valence-electron chi connectivity index (χ0n) is 8.87. The molecule has 0 saturated heterocycles. The summed E-state index contributed by atoms with van der Waals surface area (Å²) in [6.07, 6.45) is 0.322. The summed E-state index contributed by atoms with van der Waals surface area (Å²) in [6, 6.07) is 0.0697. The number of carbonyl (C=O) groups is 1. The number of carbonyl (C=O) groups excluding carboxylic acids is 1. The molecule has 1 aliphatic rings. The molecule has 2 N–H and O–H groups in total. The van der Waals surface area contributed by atoms with Gasteiger partial charge in [0.15, 0.2) is 0 Å². The molecule has 82 valence electrons. The minimum atomic E-state index is -0.910. The number of amides is 1. The number of nitrogens with two attached hydrogens (primary N) is 1. The van der Waals surface area contributed by atoms with Crippen molar-refractivity contribution in [2.75, 3.05) is 13.1 Å². The Hall–Kier alpha value is -0.640. The van der Waals surface area contributed by atoms with Crippen LogP contribution in [-0.4, -0.2) is 36.1 Å². The minimum absolute atomic E-state index is 0.0581. The maximum Gasteiger partial charge on any atom is 0.229 e. The van der Waals surface area contributed by atoms with Crippen LogP contribution < -0.4 is 5.73 Å². The molecule has 1 amide bonds. The van der Waals surface area contributed by atoms with Gasteiger partial charge in [-0.25, -0.2) is 4.39 Å². The van der Waals surface area contributed by atoms with Gasteiger partial charge in [-0.2, -0.15) is 0 Å². The number of hydrogen-bond donors (Lipinski definition) is 1. The van der Waals surface area contributed by atoms with Gasteiger partial charge in [0.05, 0.1) is 5.92 Å². The average molecular weight is 202 g/mol. The minimum Gasteiger partial charge on any atom is -0.338 e. The zero-order chi connectivity index (χ0) is 10.7. The van der Waals surface area contributed by atoms with E-state index in [-0.39, 0.29) is 17.9 Å². The molecule has 0 aliphatic heterocycles. The lowest BCUT2D eigenvalue weighted by Crippen LogP contribution is -2.45. The summed E-state index contributed by atoms with van der Waals surface area (Å²) in [6.45, 7) is 4.98. The van der Waals surface area contributed by atoms with Crippen LogP contribution in [-0.2, 0) is 4.79 Å². The van der Waals surface area contributed by atoms with Crippen LogP contribution in [0.15, 0.2) is 0 Å². The molecule has 3 atom stereocenters. The number of rotatable bonds is 5. The Labute approximate surface area is 84.4 Å². The van der Waals surface area contributed by atoms with Crippen LogP contribution in [0, 0.1) is 5.92 Å². The van der Waals surface area contributed by atoms with E-state index in [1.165, 1.54) is 0 Å². The van der Waals surface area contributed by atoms with Crippen molar-refractivity contribution in [1.29, 1.82) is 0 Å². The second kappa shape index (κ2) is 4.73. The first-order chi connectivity index (χ1) is 6.65. The van der Waals surface area contributed by atoms with Gasteiger partial charge in [0.25, 0.3) is 0 Å². The van der Waals surface area contributed by atoms with Gasteiger partial charge in [0.1, 0.15) is 6.17 Å². The number of alkyl halides is 1. The van der Waals surface area contributed by atoms with Crippen LogP contribution in [0.5, 0.6) is 0 Å². The van der Waals surface area contributed by atoms with E-state index in [1.54, 1.807) is 4.90 Å². The second-order valence-electron chi connectivity index (χ2n) is 3.78. The molecule has 0 spiro atoms. The van der Waals surface area contributed by atoms with Gasteiger partial charge in [0, 0.05) is 19.1 Å². The number of hydrogen-bond acceptors (Lipinski definition) is 2. The SMILES string of the molecule is CC[C@@H](CN)N(CC)C(=O)[C@@H]1C[C@@H]1F. The van der Waals surface area contributed by atoms with Crippen molar-refractivity contribution in [3.8, 4) is 0 Å². The smallest absolute Gasteiger partial charge is 0.229 e. The van der Waals surface area contributed by atoms with Crippen molar-refractivity contribution in [1.82, 2.24) is 4.90 Å². The summed E-state index contributed by atoms with van der Waals surface area (Å²) in [5, 5.41) is 0. The highest BCUT2D eigenvalue weighted by molar-refractivity contribution is 5.82. The Balaban J connectivity index is 2.56. The van der Waals surface area contributed by atoms with Crippen molar-refractivity contribution in [2.24, 2.45) is 11.7 Å². The molecule has 0 unspecified atom stereocenters. The lowest BCUT2D eigenvalue weighted by Gasteiger charge is -2.29. The van der Waals surface area contributed by atoms with E-state index in [9.17, 15) is 9.18 Å². The van der Waals surface area contributed by atoms with E-state index in [2.05, 4.69) is 0 Å². The van der Waals surface area contributed by atoms with Gasteiger partial charge in [-0.05, 0) is 19.8 Å². The van der Waals surface area contributed by atoms with Gasteiger partial charge in [-0.1, -0.05) is 6.92 Å². The summed E-state index contributed by atoms with van der Waals surface area (Å²) < 4.78 is 12.7. The molecule has 0 radical (unpaired) electrons. The number of halogens is 1. The maximum absolute atomic E-state index is 12.7. The van der Waals surface area contributed by atoms with E-state index in [4.69, 9.17) is 5.73 Å². The van der Waals surface area contributed by atoms with Crippen LogP contribution in [0.1, 0.15) is 26.7 Å². The van der Waals surface area contributed by atoms with Gasteiger partial charge in [0.2, 0.25) is 5.91 Å². The van der Waals surface area contributed by atoms with Crippen LogP contribution in [0.25, 0.3) is 0 Å². The number of likely N-dealkylation sites (N-methyl/N-ethyl adjacent to an activating group) is 1. The summed E-state index contributed by atoms with van der Waals surface area (Å²) in [5.41, 5.74) is 5.57. The largest absolute Gasteiger partial charge is 0.338 e. The quantitative estimate of drug-likeness (QED) is 0.721. The Kier molecular flexibility index (Phi) is 3.86. The molecule has 0 bridgehead atoms. The molecule has 3 nitrogen and oxygen atoms in total. The Morgan fingerprint density at radius 2 is 2.21 bits per heavy atom. The molecule has 0 heterocycles. The third-order valence-electron chi connectivity index (χ3n) is 2.84. The summed E-state index contributed by atoms with van der Waals surface area (Å²) in [5.74, 6) is -0.437. The van der Waals surface area contributed by atoms with Gasteiger partial charge < -0.3 is 10.6 Å². The Morgan fingerprint density at radius 3 is 2.50 bits per heavy atom. The Bertz CT molecular complexity index is 206. The van der Waals surface area contributed by atoms with Crippen LogP contribution >= 0.6 is 0 Å². The standard InChI is InChI=1S/C10H19FN2O/c1-3-7(6-12)13(4-2)10(14)8-5-9(8)11/h7-9H,3-6,12H2,1-2H3/t7-,8+,9-/m0/s1. The van der Waals surface area contributed by atoms with Crippen molar-refractivity contribution in [3.05, 3.63) is 0 Å². The van der Waals surface area contributed by atoms with Crippen LogP contribution in [0.4, 0.5) is 4.39 Å². The first-order valence-electron chi connectivity index (χ1n) is 5.30. The third kappa shape index (κ3) is 2.23. The van der Waals surface area contributed by atoms with Crippen molar-refractivity contribution in [3.63, 3.8) is 0 Å². The highest BCUT2D eigenvalue weighted by atomic mass is 19.1. The molecule has 4 heteroatoms. The normalized spacial score (nSPS) is 27.1. The van der Waals surface area contributed by atoms with E-state index in [0.29, 0.717) is 19.5 Å². The van der Waals surface area contributed by atoms with Gasteiger partial charge in [-0.15, -0.1) is 0 Å². The van der Waals surface area contributed by atoms with E-state index < -0.39 is 6.17 Å². The van der Waals surface area contributed by atoms with Gasteiger partial charge in [-0.3, -0.25) is 4.79 Å². The van der Waals surface area contributed by atoms with Crippen molar-refractivity contribution < 1.29 is 9.18 Å². The summed E-state index contributed by atoms with van der Waals surface area (Å²) >= 11 is 0. The molecule has 0 aromatic rings. The fourth-order valence-electron chi connectivity index (χ4n) is 1.74. The molecular weight excluding hydrogens is 183 g/mol. The lowest BCUT2D eigenvalue weighted by molar-refractivity contribution is -0.135. The average Bonchev–Trinajstić information content (AvgIpc) is 2.90. The fourth-order valence-corrected chi connectivity index (χ4v) is 1.74. The second-order valence-corrected chi connectivity index (χ2v) is 3.78. The third-order valence-corrected chi connectivity index (χ3v) is 2.84. The van der Waals surface area contributed by atoms with Crippen LogP contribution in [0.3, 0.4) is 0 Å². The predicted molar refractivity (Wildman–Crippen MR) is 53.5 cm³/mol. The molecule has 1 saturated carbocycles. The topological polar surface area (TPSA) is 46.3 Å². The first kappa shape index (κ1) is 11.4. The monoisotopic (exact) mass is 202 g/mol. The lowest BCUT2D eigenvalue weighted by atomic mass is 10.1. The van der Waals surface area contributed by atoms with Gasteiger partial charge >= 0.3 is 0 Å². The molecule has 0 aromatic carbocycles. The fraction of sp³-hybridized carbons (Fsp3) is 0.900. The van der Waals surface area contributed by atoms with Crippen molar-refractivity contribution >= 4 is 5.91 Å². The molecule has 14 heavy (non-hydrogen) atoms. The van der Waals surface area contributed by atoms with E-state index in [1.807, 2.05) is 13.8 Å². The van der Waals surface area contributed by atoms with E-state index >= 15 is 0 Å². The molecular formula is C10H19FN2O.